The first-order valence-corrected chi connectivity index (χ1v) is 5.06. The number of aryl methyl sites for hydroxylation is 1. The lowest BCUT2D eigenvalue weighted by atomic mass is 10.1. The molecule has 0 saturated heterocycles. The van der Waals surface area contributed by atoms with Crippen LogP contribution in [-0.2, 0) is 12.8 Å². The molecule has 2 nitrogen and oxygen atoms in total. The second-order valence-corrected chi connectivity index (χ2v) is 3.50. The minimum Gasteiger partial charge on any atom is -0.327 e. The number of nitrogens with two attached hydrogens (primary N) is 1. The molecule has 0 aliphatic carbocycles. The molecule has 0 fully saturated rings. The average molecular weight is 190 g/mol. The lowest BCUT2D eigenvalue weighted by Crippen LogP contribution is -2.22. The van der Waals surface area contributed by atoms with Crippen LogP contribution in [0.2, 0.25) is 0 Å². The molecule has 0 aromatic carbocycles. The Morgan fingerprint density at radius 1 is 1.57 bits per heavy atom. The van der Waals surface area contributed by atoms with Crippen LogP contribution < -0.4 is 5.73 Å². The third-order valence-corrected chi connectivity index (χ3v) is 2.23. The molecule has 0 bridgehead atoms. The largest absolute Gasteiger partial charge is 0.327 e. The quantitative estimate of drug-likeness (QED) is 0.722. The molecule has 1 rings (SSSR count). The van der Waals surface area contributed by atoms with Crippen LogP contribution in [0.15, 0.2) is 31.0 Å². The molecule has 2 heteroatoms. The van der Waals surface area contributed by atoms with E-state index in [2.05, 4.69) is 30.6 Å². The molecule has 1 heterocycles. The van der Waals surface area contributed by atoms with Gasteiger partial charge >= 0.3 is 0 Å². The molecular weight excluding hydrogens is 172 g/mol. The van der Waals surface area contributed by atoms with Gasteiger partial charge in [0.1, 0.15) is 0 Å². The number of aromatic nitrogens is 1. The van der Waals surface area contributed by atoms with Crippen molar-refractivity contribution in [3.05, 3.63) is 42.2 Å². The van der Waals surface area contributed by atoms with E-state index in [0.717, 1.165) is 25.0 Å². The van der Waals surface area contributed by atoms with Crippen molar-refractivity contribution in [2.24, 2.45) is 5.73 Å². The van der Waals surface area contributed by atoms with Gasteiger partial charge < -0.3 is 5.73 Å². The Morgan fingerprint density at radius 2 is 2.36 bits per heavy atom. The molecule has 2 N–H and O–H groups in total. The van der Waals surface area contributed by atoms with Gasteiger partial charge in [-0.25, -0.2) is 0 Å². The van der Waals surface area contributed by atoms with Crippen LogP contribution >= 0.6 is 0 Å². The summed E-state index contributed by atoms with van der Waals surface area (Å²) in [6.45, 7) is 5.79. The minimum atomic E-state index is 0.146. The van der Waals surface area contributed by atoms with E-state index in [1.807, 2.05) is 12.3 Å². The first-order chi connectivity index (χ1) is 6.76. The van der Waals surface area contributed by atoms with Crippen LogP contribution in [0.1, 0.15) is 24.6 Å². The summed E-state index contributed by atoms with van der Waals surface area (Å²) < 4.78 is 0. The van der Waals surface area contributed by atoms with Crippen molar-refractivity contribution in [2.45, 2.75) is 32.2 Å². The van der Waals surface area contributed by atoms with E-state index in [9.17, 15) is 0 Å². The van der Waals surface area contributed by atoms with Crippen LogP contribution in [0.5, 0.6) is 0 Å². The van der Waals surface area contributed by atoms with E-state index >= 15 is 0 Å². The van der Waals surface area contributed by atoms with Crippen molar-refractivity contribution in [1.82, 2.24) is 4.98 Å². The number of nitrogens with zero attached hydrogens (tertiary/aromatic N) is 1. The summed E-state index contributed by atoms with van der Waals surface area (Å²) in [5.74, 6) is 0. The normalized spacial score (nSPS) is 12.4. The molecule has 0 aliphatic rings. The highest BCUT2D eigenvalue weighted by atomic mass is 14.7. The zero-order valence-electron chi connectivity index (χ0n) is 8.74. The van der Waals surface area contributed by atoms with Crippen molar-refractivity contribution in [3.8, 4) is 0 Å². The third-order valence-electron chi connectivity index (χ3n) is 2.23. The Morgan fingerprint density at radius 3 is 2.86 bits per heavy atom. The van der Waals surface area contributed by atoms with Gasteiger partial charge in [-0.05, 0) is 24.5 Å². The van der Waals surface area contributed by atoms with Gasteiger partial charge in [0, 0.05) is 24.4 Å². The van der Waals surface area contributed by atoms with Gasteiger partial charge in [-0.1, -0.05) is 19.1 Å². The number of rotatable bonds is 5. The minimum absolute atomic E-state index is 0.146. The average Bonchev–Trinajstić information content (AvgIpc) is 2.19. The molecule has 1 aromatic heterocycles. The van der Waals surface area contributed by atoms with E-state index in [0.29, 0.717) is 0 Å². The monoisotopic (exact) mass is 190 g/mol. The Balaban J connectivity index is 2.54. The summed E-state index contributed by atoms with van der Waals surface area (Å²) in [6.07, 6.45) is 6.49. The highest BCUT2D eigenvalue weighted by molar-refractivity contribution is 5.14. The highest BCUT2D eigenvalue weighted by Gasteiger charge is 2.02. The van der Waals surface area contributed by atoms with Crippen molar-refractivity contribution in [3.63, 3.8) is 0 Å². The maximum atomic E-state index is 5.88. The number of pyridine rings is 1. The zero-order valence-corrected chi connectivity index (χ0v) is 8.74. The molecule has 14 heavy (non-hydrogen) atoms. The summed E-state index contributed by atoms with van der Waals surface area (Å²) >= 11 is 0. The molecule has 0 radical (unpaired) electrons. The molecular formula is C12H18N2. The number of hydrogen-bond acceptors (Lipinski definition) is 2. The third kappa shape index (κ3) is 3.30. The maximum absolute atomic E-state index is 5.88. The smallest absolute Gasteiger partial charge is 0.0419 e. The van der Waals surface area contributed by atoms with Crippen molar-refractivity contribution in [1.29, 1.82) is 0 Å². The van der Waals surface area contributed by atoms with E-state index in [1.54, 1.807) is 0 Å². The highest BCUT2D eigenvalue weighted by Crippen LogP contribution is 2.04. The van der Waals surface area contributed by atoms with Crippen molar-refractivity contribution >= 4 is 0 Å². The van der Waals surface area contributed by atoms with E-state index < -0.39 is 0 Å². The molecule has 1 aromatic rings. The second-order valence-electron chi connectivity index (χ2n) is 3.50. The van der Waals surface area contributed by atoms with Gasteiger partial charge in [0.2, 0.25) is 0 Å². The summed E-state index contributed by atoms with van der Waals surface area (Å²) in [6, 6.07) is 4.32. The van der Waals surface area contributed by atoms with Crippen LogP contribution in [0, 0.1) is 0 Å². The molecule has 1 atom stereocenters. The molecule has 0 spiro atoms. The maximum Gasteiger partial charge on any atom is 0.0419 e. The van der Waals surface area contributed by atoms with Gasteiger partial charge in [-0.2, -0.15) is 0 Å². The lowest BCUT2D eigenvalue weighted by Gasteiger charge is -2.08. The first kappa shape index (κ1) is 10.9. The Bertz CT molecular complexity index is 277. The fourth-order valence-electron chi connectivity index (χ4n) is 1.35. The fourth-order valence-corrected chi connectivity index (χ4v) is 1.35. The molecule has 0 saturated carbocycles. The van der Waals surface area contributed by atoms with Crippen LogP contribution in [0.3, 0.4) is 0 Å². The SMILES string of the molecule is C=CCC(N)Cc1ccc(CC)cn1. The predicted octanol–water partition coefficient (Wildman–Crippen LogP) is 2.09. The van der Waals surface area contributed by atoms with Gasteiger partial charge in [0.15, 0.2) is 0 Å². The summed E-state index contributed by atoms with van der Waals surface area (Å²) in [5.41, 5.74) is 8.21. The van der Waals surface area contributed by atoms with Crippen LogP contribution in [-0.4, -0.2) is 11.0 Å². The Labute approximate surface area is 85.9 Å². The Hall–Kier alpha value is -1.15. The standard InChI is InChI=1S/C12H18N2/c1-3-5-11(13)8-12-7-6-10(4-2)9-14-12/h3,6-7,9,11H,1,4-5,8,13H2,2H3. The molecule has 0 amide bonds. The second kappa shape index (κ2) is 5.55. The molecule has 76 valence electrons. The molecule has 1 unspecified atom stereocenters. The van der Waals surface area contributed by atoms with Crippen molar-refractivity contribution < 1.29 is 0 Å². The summed E-state index contributed by atoms with van der Waals surface area (Å²) in [5, 5.41) is 0. The molecule has 0 aliphatic heterocycles. The fraction of sp³-hybridized carbons (Fsp3) is 0.417. The Kier molecular flexibility index (Phi) is 4.33. The van der Waals surface area contributed by atoms with E-state index in [4.69, 9.17) is 5.73 Å². The predicted molar refractivity (Wildman–Crippen MR) is 60.1 cm³/mol. The number of hydrogen-bond donors (Lipinski definition) is 1. The first-order valence-electron chi connectivity index (χ1n) is 5.06. The van der Waals surface area contributed by atoms with Crippen molar-refractivity contribution in [2.75, 3.05) is 0 Å². The van der Waals surface area contributed by atoms with Crippen LogP contribution in [0.25, 0.3) is 0 Å². The van der Waals surface area contributed by atoms with Gasteiger partial charge in [-0.3, -0.25) is 4.98 Å². The van der Waals surface area contributed by atoms with Gasteiger partial charge in [0.25, 0.3) is 0 Å². The van der Waals surface area contributed by atoms with Crippen LogP contribution in [0.4, 0.5) is 0 Å². The van der Waals surface area contributed by atoms with Gasteiger partial charge in [0.05, 0.1) is 0 Å². The summed E-state index contributed by atoms with van der Waals surface area (Å²) in [4.78, 5) is 4.36. The summed E-state index contributed by atoms with van der Waals surface area (Å²) in [7, 11) is 0. The van der Waals surface area contributed by atoms with E-state index in [-0.39, 0.29) is 6.04 Å². The zero-order chi connectivity index (χ0) is 10.4. The lowest BCUT2D eigenvalue weighted by molar-refractivity contribution is 0.667. The van der Waals surface area contributed by atoms with Gasteiger partial charge in [-0.15, -0.1) is 6.58 Å². The topological polar surface area (TPSA) is 38.9 Å². The van der Waals surface area contributed by atoms with E-state index in [1.165, 1.54) is 5.56 Å².